The second-order valence-electron chi connectivity index (χ2n) is 4.53. The van der Waals surface area contributed by atoms with Crippen molar-refractivity contribution in [1.29, 1.82) is 0 Å². The zero-order valence-electron chi connectivity index (χ0n) is 11.5. The summed E-state index contributed by atoms with van der Waals surface area (Å²) in [5, 5.41) is 0. The van der Waals surface area contributed by atoms with E-state index < -0.39 is 64.3 Å². The van der Waals surface area contributed by atoms with Crippen LogP contribution in [-0.2, 0) is 6.18 Å². The van der Waals surface area contributed by atoms with Crippen LogP contribution < -0.4 is 4.74 Å². The van der Waals surface area contributed by atoms with Crippen molar-refractivity contribution in [2.45, 2.75) is 12.8 Å². The van der Waals surface area contributed by atoms with E-state index in [1.807, 2.05) is 0 Å². The third-order valence-corrected chi connectivity index (χ3v) is 3.00. The topological polar surface area (TPSA) is 9.23 Å². The Morgan fingerprint density at radius 2 is 1.24 bits per heavy atom. The summed E-state index contributed by atoms with van der Waals surface area (Å²) in [5.74, 6) is -13.6. The minimum absolute atomic E-state index is 0.0595. The third-order valence-electron chi connectivity index (χ3n) is 3.00. The zero-order valence-corrected chi connectivity index (χ0v) is 11.5. The molecule has 0 aliphatic heterocycles. The molecule has 0 heterocycles. The number of hydrogen-bond donors (Lipinski definition) is 0. The van der Waals surface area contributed by atoms with Gasteiger partial charge in [0.25, 0.3) is 0 Å². The second kappa shape index (κ2) is 6.45. The predicted octanol–water partition coefficient (Wildman–Crippen LogP) is 5.67. The number of ether oxygens (including phenoxy) is 1. The summed E-state index contributed by atoms with van der Waals surface area (Å²) in [6, 6.07) is 0.464. The SMILES string of the molecule is Fc1c(F)c(F)c(-c2cc(C(F)(F)F)ccc2OC(F)F)c(F)c1F. The molecule has 1 nitrogen and oxygen atoms in total. The van der Waals surface area contributed by atoms with E-state index in [-0.39, 0.29) is 18.2 Å². The molecule has 25 heavy (non-hydrogen) atoms. The molecular formula is C14H4F10O. The lowest BCUT2D eigenvalue weighted by atomic mass is 9.99. The Bertz CT molecular complexity index is 783. The van der Waals surface area contributed by atoms with Gasteiger partial charge in [-0.2, -0.15) is 22.0 Å². The van der Waals surface area contributed by atoms with Crippen LogP contribution in [0.5, 0.6) is 5.75 Å². The molecule has 0 unspecified atom stereocenters. The first kappa shape index (κ1) is 18.9. The molecule has 0 saturated carbocycles. The number of halogens is 10. The Hall–Kier alpha value is -2.46. The van der Waals surface area contributed by atoms with Crippen molar-refractivity contribution in [3.05, 3.63) is 52.8 Å². The van der Waals surface area contributed by atoms with Gasteiger partial charge in [-0.1, -0.05) is 0 Å². The van der Waals surface area contributed by atoms with E-state index in [1.165, 1.54) is 0 Å². The van der Waals surface area contributed by atoms with Gasteiger partial charge in [0.05, 0.1) is 11.1 Å². The summed E-state index contributed by atoms with van der Waals surface area (Å²) < 4.78 is 134. The standard InChI is InChI=1S/C14H4F10O/c15-8-7(9(16)11(18)12(19)10(8)17)5-3-4(14(22,23)24)1-2-6(5)25-13(20)21/h1-3,13H. The lowest BCUT2D eigenvalue weighted by Gasteiger charge is -2.16. The molecular weight excluding hydrogens is 374 g/mol. The average molecular weight is 378 g/mol. The summed E-state index contributed by atoms with van der Waals surface area (Å²) in [6.45, 7) is -3.63. The second-order valence-corrected chi connectivity index (χ2v) is 4.53. The molecule has 2 rings (SSSR count). The Morgan fingerprint density at radius 3 is 1.68 bits per heavy atom. The maximum atomic E-state index is 13.8. The van der Waals surface area contributed by atoms with E-state index in [1.54, 1.807) is 0 Å². The van der Waals surface area contributed by atoms with E-state index >= 15 is 0 Å². The van der Waals surface area contributed by atoms with Crippen LogP contribution in [-0.4, -0.2) is 6.61 Å². The minimum atomic E-state index is -5.08. The first-order valence-electron chi connectivity index (χ1n) is 6.13. The van der Waals surface area contributed by atoms with Crippen molar-refractivity contribution in [2.24, 2.45) is 0 Å². The smallest absolute Gasteiger partial charge is 0.416 e. The monoisotopic (exact) mass is 378 g/mol. The van der Waals surface area contributed by atoms with Crippen LogP contribution in [0.1, 0.15) is 5.56 Å². The largest absolute Gasteiger partial charge is 0.434 e. The number of hydrogen-bond acceptors (Lipinski definition) is 1. The third kappa shape index (κ3) is 3.49. The van der Waals surface area contributed by atoms with Crippen molar-refractivity contribution in [3.63, 3.8) is 0 Å². The Labute approximate surface area is 132 Å². The molecule has 2 aromatic carbocycles. The molecule has 0 N–H and O–H groups in total. The quantitative estimate of drug-likeness (QED) is 0.380. The number of benzene rings is 2. The molecule has 2 aromatic rings. The van der Waals surface area contributed by atoms with Gasteiger partial charge in [-0.15, -0.1) is 0 Å². The molecule has 0 saturated heterocycles. The van der Waals surface area contributed by atoms with Gasteiger partial charge in [0.15, 0.2) is 23.3 Å². The number of rotatable bonds is 3. The van der Waals surface area contributed by atoms with Gasteiger partial charge in [-0.3, -0.25) is 0 Å². The van der Waals surface area contributed by atoms with Crippen LogP contribution in [0.15, 0.2) is 18.2 Å². The summed E-state index contributed by atoms with van der Waals surface area (Å²) in [5.41, 5.74) is -4.77. The molecule has 136 valence electrons. The Kier molecular flexibility index (Phi) is 4.87. The zero-order chi connectivity index (χ0) is 19.1. The van der Waals surface area contributed by atoms with Gasteiger partial charge in [-0.25, -0.2) is 22.0 Å². The van der Waals surface area contributed by atoms with Crippen molar-refractivity contribution >= 4 is 0 Å². The van der Waals surface area contributed by atoms with Crippen molar-refractivity contribution in [1.82, 2.24) is 0 Å². The molecule has 0 radical (unpaired) electrons. The normalized spacial score (nSPS) is 12.0. The summed E-state index contributed by atoms with van der Waals surface area (Å²) in [4.78, 5) is 0. The number of alkyl halides is 5. The molecule has 0 amide bonds. The first-order chi connectivity index (χ1) is 11.4. The molecule has 0 fully saturated rings. The van der Waals surface area contributed by atoms with Crippen LogP contribution in [0.4, 0.5) is 43.9 Å². The van der Waals surface area contributed by atoms with E-state index in [9.17, 15) is 43.9 Å². The van der Waals surface area contributed by atoms with E-state index in [2.05, 4.69) is 4.74 Å². The van der Waals surface area contributed by atoms with Crippen LogP contribution >= 0.6 is 0 Å². The van der Waals surface area contributed by atoms with Crippen LogP contribution in [0.3, 0.4) is 0 Å². The summed E-state index contributed by atoms with van der Waals surface area (Å²) in [6.07, 6.45) is -5.08. The lowest BCUT2D eigenvalue weighted by molar-refractivity contribution is -0.137. The van der Waals surface area contributed by atoms with Gasteiger partial charge >= 0.3 is 12.8 Å². The van der Waals surface area contributed by atoms with E-state index in [4.69, 9.17) is 0 Å². The van der Waals surface area contributed by atoms with Crippen LogP contribution in [0, 0.1) is 29.1 Å². The van der Waals surface area contributed by atoms with Crippen molar-refractivity contribution in [2.75, 3.05) is 0 Å². The van der Waals surface area contributed by atoms with Gasteiger partial charge in [-0.05, 0) is 18.2 Å². The fourth-order valence-electron chi connectivity index (χ4n) is 1.94. The van der Waals surface area contributed by atoms with Gasteiger partial charge in [0, 0.05) is 5.56 Å². The van der Waals surface area contributed by atoms with Gasteiger partial charge < -0.3 is 4.74 Å². The lowest BCUT2D eigenvalue weighted by Crippen LogP contribution is -2.10. The highest BCUT2D eigenvalue weighted by Gasteiger charge is 2.34. The summed E-state index contributed by atoms with van der Waals surface area (Å²) >= 11 is 0. The predicted molar refractivity (Wildman–Crippen MR) is 63.3 cm³/mol. The highest BCUT2D eigenvalue weighted by Crippen LogP contribution is 2.41. The maximum absolute atomic E-state index is 13.8. The molecule has 0 aliphatic rings. The van der Waals surface area contributed by atoms with E-state index in [0.29, 0.717) is 0 Å². The van der Waals surface area contributed by atoms with Gasteiger partial charge in [0.1, 0.15) is 5.75 Å². The van der Waals surface area contributed by atoms with Crippen LogP contribution in [0.2, 0.25) is 0 Å². The first-order valence-corrected chi connectivity index (χ1v) is 6.13. The molecule has 0 spiro atoms. The summed E-state index contributed by atoms with van der Waals surface area (Å²) in [7, 11) is 0. The molecule has 0 aliphatic carbocycles. The van der Waals surface area contributed by atoms with Gasteiger partial charge in [0.2, 0.25) is 5.82 Å². The Morgan fingerprint density at radius 1 is 0.760 bits per heavy atom. The fraction of sp³-hybridized carbons (Fsp3) is 0.143. The average Bonchev–Trinajstić information content (AvgIpc) is 2.51. The Balaban J connectivity index is 2.85. The molecule has 11 heteroatoms. The molecule has 0 aromatic heterocycles. The van der Waals surface area contributed by atoms with E-state index in [0.717, 1.165) is 0 Å². The van der Waals surface area contributed by atoms with Crippen LogP contribution in [0.25, 0.3) is 11.1 Å². The minimum Gasteiger partial charge on any atom is -0.434 e. The highest BCUT2D eigenvalue weighted by atomic mass is 19.4. The van der Waals surface area contributed by atoms with Crippen molar-refractivity contribution in [3.8, 4) is 16.9 Å². The fourth-order valence-corrected chi connectivity index (χ4v) is 1.94. The molecule has 0 bridgehead atoms. The molecule has 0 atom stereocenters. The highest BCUT2D eigenvalue weighted by molar-refractivity contribution is 5.73. The van der Waals surface area contributed by atoms with Crippen molar-refractivity contribution < 1.29 is 48.6 Å². The maximum Gasteiger partial charge on any atom is 0.416 e.